The van der Waals surface area contributed by atoms with E-state index in [0.717, 1.165) is 38.1 Å². The van der Waals surface area contributed by atoms with Gasteiger partial charge in [-0.15, -0.1) is 0 Å². The highest BCUT2D eigenvalue weighted by Gasteiger charge is 2.31. The fourth-order valence-electron chi connectivity index (χ4n) is 3.78. The minimum Gasteiger partial charge on any atom is -0.504 e. The lowest BCUT2D eigenvalue weighted by Crippen LogP contribution is -2.48. The Bertz CT molecular complexity index is 664. The van der Waals surface area contributed by atoms with Crippen LogP contribution < -0.4 is 0 Å². The summed E-state index contributed by atoms with van der Waals surface area (Å²) in [5.74, 6) is -1.61. The Morgan fingerprint density at radius 3 is 2.24 bits per heavy atom. The number of amides is 1. The lowest BCUT2D eigenvalue weighted by Gasteiger charge is -2.40. The van der Waals surface area contributed by atoms with Gasteiger partial charge < -0.3 is 20.0 Å². The van der Waals surface area contributed by atoms with E-state index in [1.807, 2.05) is 0 Å². The number of aromatic hydroxyl groups is 2. The minimum absolute atomic E-state index is 0.184. The third kappa shape index (κ3) is 3.68. The van der Waals surface area contributed by atoms with Crippen molar-refractivity contribution in [1.29, 1.82) is 0 Å². The maximum atomic E-state index is 12.7. The van der Waals surface area contributed by atoms with Crippen LogP contribution in [-0.2, 0) is 0 Å². The molecule has 0 saturated carbocycles. The van der Waals surface area contributed by atoms with E-state index in [4.69, 9.17) is 0 Å². The molecule has 1 aromatic carbocycles. The third-order valence-electron chi connectivity index (χ3n) is 5.18. The van der Waals surface area contributed by atoms with Crippen molar-refractivity contribution in [1.82, 2.24) is 9.80 Å². The molecule has 3 rings (SSSR count). The van der Waals surface area contributed by atoms with Gasteiger partial charge in [0.25, 0.3) is 11.6 Å². The zero-order chi connectivity index (χ0) is 18.0. The van der Waals surface area contributed by atoms with Gasteiger partial charge in [-0.2, -0.15) is 0 Å². The third-order valence-corrected chi connectivity index (χ3v) is 5.18. The molecule has 2 fully saturated rings. The highest BCUT2D eigenvalue weighted by atomic mass is 16.6. The molecular formula is C17H23N3O5. The molecule has 0 aliphatic carbocycles. The Morgan fingerprint density at radius 2 is 1.64 bits per heavy atom. The number of nitro groups is 1. The summed E-state index contributed by atoms with van der Waals surface area (Å²) in [5, 5.41) is 30.2. The molecule has 2 N–H and O–H groups in total. The Kier molecular flexibility index (Phi) is 5.08. The van der Waals surface area contributed by atoms with Crippen molar-refractivity contribution in [2.24, 2.45) is 0 Å². The zero-order valence-corrected chi connectivity index (χ0v) is 14.1. The van der Waals surface area contributed by atoms with Gasteiger partial charge >= 0.3 is 0 Å². The fraction of sp³-hybridized carbons (Fsp3) is 0.588. The Hall–Kier alpha value is -2.35. The summed E-state index contributed by atoms with van der Waals surface area (Å²) < 4.78 is 0. The molecule has 1 aromatic rings. The molecule has 8 heteroatoms. The summed E-state index contributed by atoms with van der Waals surface area (Å²) in [6.07, 6.45) is 5.42. The SMILES string of the molecule is O=C(c1cc(O)c(O)cc1[N+](=O)[O-])N1CCC(N2CCCCC2)CC1. The topological polar surface area (TPSA) is 107 Å². The highest BCUT2D eigenvalue weighted by molar-refractivity contribution is 5.99. The first-order chi connectivity index (χ1) is 12.0. The first-order valence-electron chi connectivity index (χ1n) is 8.71. The van der Waals surface area contributed by atoms with E-state index in [0.29, 0.717) is 19.1 Å². The number of hydrogen-bond donors (Lipinski definition) is 2. The molecule has 2 aliphatic rings. The summed E-state index contributed by atoms with van der Waals surface area (Å²) in [6.45, 7) is 3.30. The number of piperidine rings is 2. The normalized spacial score (nSPS) is 19.8. The molecule has 0 spiro atoms. The number of carbonyl (C=O) groups excluding carboxylic acids is 1. The molecular weight excluding hydrogens is 326 g/mol. The van der Waals surface area contributed by atoms with E-state index in [1.54, 1.807) is 4.90 Å². The van der Waals surface area contributed by atoms with Crippen LogP contribution in [0.5, 0.6) is 11.5 Å². The van der Waals surface area contributed by atoms with Gasteiger partial charge in [-0.25, -0.2) is 0 Å². The van der Waals surface area contributed by atoms with Gasteiger partial charge in [-0.05, 0) is 38.8 Å². The number of likely N-dealkylation sites (tertiary alicyclic amines) is 2. The predicted octanol–water partition coefficient (Wildman–Crippen LogP) is 2.10. The fourth-order valence-corrected chi connectivity index (χ4v) is 3.78. The number of carbonyl (C=O) groups is 1. The van der Waals surface area contributed by atoms with Crippen LogP contribution in [0.15, 0.2) is 12.1 Å². The maximum Gasteiger partial charge on any atom is 0.286 e. The van der Waals surface area contributed by atoms with Crippen molar-refractivity contribution in [3.05, 3.63) is 27.8 Å². The molecule has 0 radical (unpaired) electrons. The van der Waals surface area contributed by atoms with Crippen LogP contribution in [-0.4, -0.2) is 63.1 Å². The number of hydrogen-bond acceptors (Lipinski definition) is 6. The summed E-state index contributed by atoms with van der Waals surface area (Å²) >= 11 is 0. The molecule has 2 heterocycles. The first-order valence-corrected chi connectivity index (χ1v) is 8.71. The van der Waals surface area contributed by atoms with Gasteiger partial charge in [0.2, 0.25) is 0 Å². The van der Waals surface area contributed by atoms with Crippen molar-refractivity contribution < 1.29 is 19.9 Å². The average molecular weight is 349 g/mol. The zero-order valence-electron chi connectivity index (χ0n) is 14.1. The summed E-state index contributed by atoms with van der Waals surface area (Å²) in [5.41, 5.74) is -0.671. The molecule has 136 valence electrons. The smallest absolute Gasteiger partial charge is 0.286 e. The molecule has 2 aliphatic heterocycles. The van der Waals surface area contributed by atoms with Gasteiger partial charge in [0, 0.05) is 25.2 Å². The van der Waals surface area contributed by atoms with E-state index >= 15 is 0 Å². The monoisotopic (exact) mass is 349 g/mol. The number of nitro benzene ring substituents is 1. The van der Waals surface area contributed by atoms with E-state index in [1.165, 1.54) is 19.3 Å². The Balaban J connectivity index is 1.70. The molecule has 0 unspecified atom stereocenters. The van der Waals surface area contributed by atoms with Crippen molar-refractivity contribution in [3.63, 3.8) is 0 Å². The molecule has 0 bridgehead atoms. The molecule has 0 atom stereocenters. The van der Waals surface area contributed by atoms with E-state index in [-0.39, 0.29) is 5.56 Å². The molecule has 1 amide bonds. The number of benzene rings is 1. The van der Waals surface area contributed by atoms with Crippen LogP contribution in [0.4, 0.5) is 5.69 Å². The first kappa shape index (κ1) is 17.5. The lowest BCUT2D eigenvalue weighted by molar-refractivity contribution is -0.385. The van der Waals surface area contributed by atoms with Crippen LogP contribution in [0.1, 0.15) is 42.5 Å². The summed E-state index contributed by atoms with van der Waals surface area (Å²) in [7, 11) is 0. The molecule has 0 aromatic heterocycles. The minimum atomic E-state index is -0.715. The second kappa shape index (κ2) is 7.26. The molecule has 25 heavy (non-hydrogen) atoms. The van der Waals surface area contributed by atoms with E-state index < -0.39 is 28.0 Å². The van der Waals surface area contributed by atoms with Gasteiger partial charge in [0.1, 0.15) is 5.56 Å². The second-order valence-corrected chi connectivity index (χ2v) is 6.74. The van der Waals surface area contributed by atoms with Crippen LogP contribution in [0.2, 0.25) is 0 Å². The Morgan fingerprint density at radius 1 is 1.04 bits per heavy atom. The summed E-state index contributed by atoms with van der Waals surface area (Å²) in [4.78, 5) is 27.2. The number of phenolic OH excluding ortho intramolecular Hbond substituents is 2. The maximum absolute atomic E-state index is 12.7. The lowest BCUT2D eigenvalue weighted by atomic mass is 9.99. The standard InChI is InChI=1S/C17H23N3O5/c21-15-10-13(14(20(24)25)11-16(15)22)17(23)19-8-4-12(5-9-19)18-6-2-1-3-7-18/h10-12,21-22H,1-9H2. The number of phenols is 2. The van der Waals surface area contributed by atoms with Crippen molar-refractivity contribution in [2.45, 2.75) is 38.1 Å². The van der Waals surface area contributed by atoms with Crippen molar-refractivity contribution in [2.75, 3.05) is 26.2 Å². The Labute approximate surface area is 145 Å². The number of rotatable bonds is 3. The largest absolute Gasteiger partial charge is 0.504 e. The summed E-state index contributed by atoms with van der Waals surface area (Å²) in [6, 6.07) is 2.27. The van der Waals surface area contributed by atoms with E-state index in [2.05, 4.69) is 4.90 Å². The van der Waals surface area contributed by atoms with Crippen LogP contribution >= 0.6 is 0 Å². The van der Waals surface area contributed by atoms with Gasteiger partial charge in [-0.3, -0.25) is 14.9 Å². The van der Waals surface area contributed by atoms with Crippen molar-refractivity contribution >= 4 is 11.6 Å². The van der Waals surface area contributed by atoms with Crippen LogP contribution in [0, 0.1) is 10.1 Å². The number of nitrogens with zero attached hydrogens (tertiary/aromatic N) is 3. The average Bonchev–Trinajstić information content (AvgIpc) is 2.63. The predicted molar refractivity (Wildman–Crippen MR) is 90.8 cm³/mol. The van der Waals surface area contributed by atoms with Crippen LogP contribution in [0.25, 0.3) is 0 Å². The second-order valence-electron chi connectivity index (χ2n) is 6.74. The van der Waals surface area contributed by atoms with Crippen molar-refractivity contribution in [3.8, 4) is 11.5 Å². The van der Waals surface area contributed by atoms with Gasteiger partial charge in [0.05, 0.1) is 11.0 Å². The van der Waals surface area contributed by atoms with E-state index in [9.17, 15) is 25.1 Å². The highest BCUT2D eigenvalue weighted by Crippen LogP contribution is 2.34. The molecule has 2 saturated heterocycles. The van der Waals surface area contributed by atoms with Gasteiger partial charge in [0.15, 0.2) is 11.5 Å². The van der Waals surface area contributed by atoms with Gasteiger partial charge in [-0.1, -0.05) is 6.42 Å². The van der Waals surface area contributed by atoms with Crippen LogP contribution in [0.3, 0.4) is 0 Å². The molecule has 8 nitrogen and oxygen atoms in total. The quantitative estimate of drug-likeness (QED) is 0.491.